The van der Waals surface area contributed by atoms with E-state index in [1.54, 1.807) is 13.2 Å². The number of anilines is 1. The van der Waals surface area contributed by atoms with Crippen LogP contribution in [0.1, 0.15) is 26.2 Å². The van der Waals surface area contributed by atoms with Crippen LogP contribution in [0.5, 0.6) is 5.75 Å². The lowest BCUT2D eigenvalue weighted by atomic mass is 10.1. The number of hydrogen-bond donors (Lipinski definition) is 1. The fourth-order valence-electron chi connectivity index (χ4n) is 2.04. The summed E-state index contributed by atoms with van der Waals surface area (Å²) in [5.74, 6) is 1.10. The van der Waals surface area contributed by atoms with Crippen molar-refractivity contribution in [2.75, 3.05) is 12.4 Å². The second-order valence-electron chi connectivity index (χ2n) is 4.34. The molecule has 88 valence electrons. The monoisotopic (exact) mass is 223 g/mol. The van der Waals surface area contributed by atoms with Crippen molar-refractivity contribution in [3.63, 3.8) is 0 Å². The third kappa shape index (κ3) is 2.46. The van der Waals surface area contributed by atoms with Gasteiger partial charge in [-0.25, -0.2) is 4.39 Å². The number of halogens is 1. The van der Waals surface area contributed by atoms with Crippen LogP contribution in [0.3, 0.4) is 0 Å². The topological polar surface area (TPSA) is 21.3 Å². The van der Waals surface area contributed by atoms with Crippen molar-refractivity contribution in [1.29, 1.82) is 0 Å². The van der Waals surface area contributed by atoms with Gasteiger partial charge in [0.2, 0.25) is 0 Å². The number of benzene rings is 1. The molecule has 1 unspecified atom stereocenters. The van der Waals surface area contributed by atoms with Gasteiger partial charge < -0.3 is 10.1 Å². The first kappa shape index (κ1) is 11.2. The van der Waals surface area contributed by atoms with Gasteiger partial charge >= 0.3 is 0 Å². The molecule has 0 amide bonds. The van der Waals surface area contributed by atoms with Crippen molar-refractivity contribution in [3.8, 4) is 5.75 Å². The highest BCUT2D eigenvalue weighted by Crippen LogP contribution is 2.37. The molecule has 1 aromatic carbocycles. The average Bonchev–Trinajstić information content (AvgIpc) is 3.11. The van der Waals surface area contributed by atoms with E-state index < -0.39 is 0 Å². The lowest BCUT2D eigenvalue weighted by molar-refractivity contribution is 0.412. The molecule has 2 rings (SSSR count). The van der Waals surface area contributed by atoms with Crippen LogP contribution in [0.15, 0.2) is 18.2 Å². The zero-order valence-corrected chi connectivity index (χ0v) is 9.79. The fraction of sp³-hybridized carbons (Fsp3) is 0.538. The normalized spacial score (nSPS) is 16.9. The third-order valence-corrected chi connectivity index (χ3v) is 3.14. The summed E-state index contributed by atoms with van der Waals surface area (Å²) in [5, 5.41) is 3.45. The molecule has 1 N–H and O–H groups in total. The Morgan fingerprint density at radius 1 is 1.50 bits per heavy atom. The van der Waals surface area contributed by atoms with Crippen LogP contribution in [0.2, 0.25) is 0 Å². The van der Waals surface area contributed by atoms with Crippen molar-refractivity contribution in [2.24, 2.45) is 5.92 Å². The second-order valence-corrected chi connectivity index (χ2v) is 4.34. The highest BCUT2D eigenvalue weighted by Gasteiger charge is 2.30. The van der Waals surface area contributed by atoms with Crippen molar-refractivity contribution >= 4 is 5.69 Å². The number of nitrogens with one attached hydrogen (secondary N) is 1. The highest BCUT2D eigenvalue weighted by molar-refractivity contribution is 5.57. The summed E-state index contributed by atoms with van der Waals surface area (Å²) < 4.78 is 18.2. The van der Waals surface area contributed by atoms with Crippen molar-refractivity contribution in [2.45, 2.75) is 32.2 Å². The molecule has 1 aliphatic rings. The van der Waals surface area contributed by atoms with E-state index in [9.17, 15) is 4.39 Å². The van der Waals surface area contributed by atoms with Crippen LogP contribution in [0.25, 0.3) is 0 Å². The molecule has 1 atom stereocenters. The molecule has 1 aliphatic carbocycles. The Morgan fingerprint density at radius 3 is 2.81 bits per heavy atom. The SMILES string of the molecule is CCC(Nc1ccc(F)cc1OC)C1CC1. The number of hydrogen-bond acceptors (Lipinski definition) is 2. The van der Waals surface area contributed by atoms with Crippen molar-refractivity contribution in [1.82, 2.24) is 0 Å². The van der Waals surface area contributed by atoms with E-state index in [2.05, 4.69) is 12.2 Å². The molecule has 0 bridgehead atoms. The van der Waals surface area contributed by atoms with Gasteiger partial charge in [-0.3, -0.25) is 0 Å². The maximum absolute atomic E-state index is 13.0. The molecule has 1 fully saturated rings. The van der Waals surface area contributed by atoms with Crippen LogP contribution in [0.4, 0.5) is 10.1 Å². The first-order chi connectivity index (χ1) is 7.74. The summed E-state index contributed by atoms with van der Waals surface area (Å²) in [7, 11) is 1.57. The van der Waals surface area contributed by atoms with E-state index in [1.165, 1.54) is 25.0 Å². The minimum Gasteiger partial charge on any atom is -0.494 e. The van der Waals surface area contributed by atoms with E-state index in [0.29, 0.717) is 11.8 Å². The fourth-order valence-corrected chi connectivity index (χ4v) is 2.04. The predicted octanol–water partition coefficient (Wildman–Crippen LogP) is 3.43. The zero-order chi connectivity index (χ0) is 11.5. The van der Waals surface area contributed by atoms with Gasteiger partial charge in [-0.15, -0.1) is 0 Å². The Balaban J connectivity index is 2.12. The summed E-state index contributed by atoms with van der Waals surface area (Å²) in [6.07, 6.45) is 3.69. The Bertz CT molecular complexity index is 363. The van der Waals surface area contributed by atoms with E-state index in [0.717, 1.165) is 18.0 Å². The van der Waals surface area contributed by atoms with Crippen LogP contribution in [0, 0.1) is 11.7 Å². The predicted molar refractivity (Wildman–Crippen MR) is 63.4 cm³/mol. The molecule has 16 heavy (non-hydrogen) atoms. The minimum atomic E-state index is -0.262. The lowest BCUT2D eigenvalue weighted by Gasteiger charge is -2.19. The van der Waals surface area contributed by atoms with E-state index in [4.69, 9.17) is 4.74 Å². The minimum absolute atomic E-state index is 0.262. The largest absolute Gasteiger partial charge is 0.494 e. The Kier molecular flexibility index (Phi) is 3.32. The first-order valence-electron chi connectivity index (χ1n) is 5.84. The Morgan fingerprint density at radius 2 is 2.25 bits per heavy atom. The maximum Gasteiger partial charge on any atom is 0.144 e. The Labute approximate surface area is 95.8 Å². The molecule has 0 heterocycles. The standard InChI is InChI=1S/C13H18FNO/c1-3-11(9-4-5-9)15-12-7-6-10(14)8-13(12)16-2/h6-9,11,15H,3-5H2,1-2H3. The van der Waals surface area contributed by atoms with E-state index >= 15 is 0 Å². The van der Waals surface area contributed by atoms with Gasteiger partial charge in [-0.2, -0.15) is 0 Å². The third-order valence-electron chi connectivity index (χ3n) is 3.14. The molecule has 2 nitrogen and oxygen atoms in total. The van der Waals surface area contributed by atoms with Crippen LogP contribution < -0.4 is 10.1 Å². The zero-order valence-electron chi connectivity index (χ0n) is 9.79. The molecular weight excluding hydrogens is 205 g/mol. The van der Waals surface area contributed by atoms with Gasteiger partial charge in [0.25, 0.3) is 0 Å². The van der Waals surface area contributed by atoms with Crippen molar-refractivity contribution < 1.29 is 9.13 Å². The lowest BCUT2D eigenvalue weighted by Crippen LogP contribution is -2.21. The van der Waals surface area contributed by atoms with Gasteiger partial charge in [0.15, 0.2) is 0 Å². The van der Waals surface area contributed by atoms with Gasteiger partial charge in [0.1, 0.15) is 11.6 Å². The smallest absolute Gasteiger partial charge is 0.144 e. The summed E-state index contributed by atoms with van der Waals surface area (Å²) >= 11 is 0. The van der Waals surface area contributed by atoms with Crippen molar-refractivity contribution in [3.05, 3.63) is 24.0 Å². The Hall–Kier alpha value is -1.25. The molecule has 1 aromatic rings. The maximum atomic E-state index is 13.0. The summed E-state index contributed by atoms with van der Waals surface area (Å²) in [5.41, 5.74) is 0.891. The molecule has 0 saturated heterocycles. The summed E-state index contributed by atoms with van der Waals surface area (Å²) in [6, 6.07) is 5.12. The molecule has 0 radical (unpaired) electrons. The van der Waals surface area contributed by atoms with E-state index in [-0.39, 0.29) is 5.82 Å². The number of ether oxygens (including phenoxy) is 1. The van der Waals surface area contributed by atoms with Gasteiger partial charge in [-0.1, -0.05) is 6.92 Å². The first-order valence-corrected chi connectivity index (χ1v) is 5.84. The van der Waals surface area contributed by atoms with E-state index in [1.807, 2.05) is 0 Å². The summed E-state index contributed by atoms with van der Waals surface area (Å²) in [4.78, 5) is 0. The number of rotatable bonds is 5. The van der Waals surface area contributed by atoms with Gasteiger partial charge in [0.05, 0.1) is 12.8 Å². The molecule has 1 saturated carbocycles. The molecule has 0 aliphatic heterocycles. The average molecular weight is 223 g/mol. The van der Waals surface area contributed by atoms with Crippen LogP contribution in [-0.2, 0) is 0 Å². The highest BCUT2D eigenvalue weighted by atomic mass is 19.1. The molecule has 3 heteroatoms. The van der Waals surface area contributed by atoms with Crippen LogP contribution >= 0.6 is 0 Å². The number of methoxy groups -OCH3 is 1. The van der Waals surface area contributed by atoms with Gasteiger partial charge in [0, 0.05) is 12.1 Å². The molecule has 0 aromatic heterocycles. The van der Waals surface area contributed by atoms with Gasteiger partial charge in [-0.05, 0) is 37.3 Å². The molecule has 0 spiro atoms. The van der Waals surface area contributed by atoms with Crippen LogP contribution in [-0.4, -0.2) is 13.2 Å². The molecular formula is C13H18FNO. The second kappa shape index (κ2) is 4.73. The quantitative estimate of drug-likeness (QED) is 0.825. The summed E-state index contributed by atoms with van der Waals surface area (Å²) in [6.45, 7) is 2.17.